The van der Waals surface area contributed by atoms with Crippen LogP contribution in [0.15, 0.2) is 36.4 Å². The quantitative estimate of drug-likeness (QED) is 0.449. The molecule has 9 nitrogen and oxygen atoms in total. The second kappa shape index (κ2) is 8.75. The van der Waals surface area contributed by atoms with Crippen molar-refractivity contribution in [3.63, 3.8) is 0 Å². The lowest BCUT2D eigenvalue weighted by Crippen LogP contribution is -2.15. The maximum Gasteiger partial charge on any atom is 0.257 e. The van der Waals surface area contributed by atoms with Gasteiger partial charge in [0.25, 0.3) is 5.91 Å². The van der Waals surface area contributed by atoms with Crippen molar-refractivity contribution in [2.24, 2.45) is 0 Å². The highest BCUT2D eigenvalue weighted by Crippen LogP contribution is 2.38. The number of carbonyl (C=O) groups excluding carboxylic acids is 1. The lowest BCUT2D eigenvalue weighted by atomic mass is 10.1. The number of rotatable bonds is 7. The average Bonchev–Trinajstić information content (AvgIpc) is 3.39. The van der Waals surface area contributed by atoms with Gasteiger partial charge in [-0.15, -0.1) is 0 Å². The van der Waals surface area contributed by atoms with Crippen LogP contribution in [-0.2, 0) is 0 Å². The average molecular weight is 455 g/mol. The molecule has 1 N–H and O–H groups in total. The minimum Gasteiger partial charge on any atom is -0.497 e. The number of anilines is 1. The first-order chi connectivity index (χ1) is 15.5. The number of fused-ring (bicyclic) bond motifs is 1. The summed E-state index contributed by atoms with van der Waals surface area (Å²) in [5.74, 6) is 2.06. The van der Waals surface area contributed by atoms with Gasteiger partial charge in [0.05, 0.1) is 44.3 Å². The Bertz CT molecular complexity index is 1270. The number of aromatic nitrogens is 3. The van der Waals surface area contributed by atoms with Gasteiger partial charge in [0.15, 0.2) is 11.5 Å². The van der Waals surface area contributed by atoms with Crippen molar-refractivity contribution in [2.45, 2.75) is 6.92 Å². The van der Waals surface area contributed by atoms with Crippen LogP contribution in [0.4, 0.5) is 5.82 Å². The standard InChI is InChI=1S/C22H22N4O5S/c1-12-8-19(24-21(27)13-9-16(29-3)20(31-5)17(10-13)30-4)26(25-12)22-23-15-11-14(28-2)6-7-18(15)32-22/h6-11H,1-5H3,(H,24,27). The molecule has 166 valence electrons. The van der Waals surface area contributed by atoms with Crippen LogP contribution in [0.25, 0.3) is 15.3 Å². The normalized spacial score (nSPS) is 10.8. The Morgan fingerprint density at radius 1 is 0.969 bits per heavy atom. The fourth-order valence-corrected chi connectivity index (χ4v) is 4.16. The highest BCUT2D eigenvalue weighted by atomic mass is 32.1. The van der Waals surface area contributed by atoms with Crippen molar-refractivity contribution in [3.8, 4) is 28.1 Å². The Balaban J connectivity index is 1.69. The molecular formula is C22H22N4O5S. The van der Waals surface area contributed by atoms with Crippen LogP contribution >= 0.6 is 11.3 Å². The first kappa shape index (κ1) is 21.4. The number of hydrogen-bond acceptors (Lipinski definition) is 8. The minimum absolute atomic E-state index is 0.346. The number of amides is 1. The summed E-state index contributed by atoms with van der Waals surface area (Å²) in [7, 11) is 6.12. The van der Waals surface area contributed by atoms with E-state index in [2.05, 4.69) is 15.4 Å². The second-order valence-corrected chi connectivity index (χ2v) is 7.79. The number of hydrogen-bond donors (Lipinski definition) is 1. The third kappa shape index (κ3) is 3.92. The number of carbonyl (C=O) groups is 1. The molecule has 0 unspecified atom stereocenters. The summed E-state index contributed by atoms with van der Waals surface area (Å²) in [6.45, 7) is 1.85. The van der Waals surface area contributed by atoms with Crippen molar-refractivity contribution in [1.29, 1.82) is 0 Å². The van der Waals surface area contributed by atoms with Gasteiger partial charge < -0.3 is 24.3 Å². The van der Waals surface area contributed by atoms with E-state index in [-0.39, 0.29) is 5.91 Å². The summed E-state index contributed by atoms with van der Waals surface area (Å²) in [6, 6.07) is 10.6. The molecule has 0 saturated carbocycles. The smallest absolute Gasteiger partial charge is 0.257 e. The maximum absolute atomic E-state index is 13.1. The van der Waals surface area contributed by atoms with Crippen molar-refractivity contribution in [2.75, 3.05) is 33.8 Å². The van der Waals surface area contributed by atoms with Gasteiger partial charge in [-0.05, 0) is 31.2 Å². The third-order valence-corrected chi connectivity index (χ3v) is 5.78. The summed E-state index contributed by atoms with van der Waals surface area (Å²) in [4.78, 5) is 17.7. The molecule has 0 spiro atoms. The Kier molecular flexibility index (Phi) is 5.87. The molecule has 0 atom stereocenters. The molecule has 0 radical (unpaired) electrons. The number of thiazole rings is 1. The van der Waals surface area contributed by atoms with Crippen LogP contribution in [0, 0.1) is 6.92 Å². The number of nitrogens with zero attached hydrogens (tertiary/aromatic N) is 3. The maximum atomic E-state index is 13.1. The minimum atomic E-state index is -0.354. The summed E-state index contributed by atoms with van der Waals surface area (Å²) < 4.78 is 23.9. The molecule has 10 heteroatoms. The van der Waals surface area contributed by atoms with Crippen LogP contribution < -0.4 is 24.3 Å². The molecule has 0 aliphatic rings. The molecule has 2 heterocycles. The summed E-state index contributed by atoms with van der Waals surface area (Å²) in [5, 5.41) is 8.04. The van der Waals surface area contributed by atoms with Gasteiger partial charge in [-0.1, -0.05) is 11.3 Å². The first-order valence-electron chi connectivity index (χ1n) is 9.60. The predicted octanol–water partition coefficient (Wildman–Crippen LogP) is 4.08. The number of ether oxygens (including phenoxy) is 4. The zero-order valence-corrected chi connectivity index (χ0v) is 19.1. The molecule has 2 aromatic heterocycles. The van der Waals surface area contributed by atoms with E-state index in [1.807, 2.05) is 25.1 Å². The Hall–Kier alpha value is -3.79. The molecule has 0 bridgehead atoms. The number of benzene rings is 2. The number of aryl methyl sites for hydroxylation is 1. The fourth-order valence-electron chi connectivity index (χ4n) is 3.25. The molecular weight excluding hydrogens is 432 g/mol. The third-order valence-electron chi connectivity index (χ3n) is 4.76. The van der Waals surface area contributed by atoms with E-state index >= 15 is 0 Å². The largest absolute Gasteiger partial charge is 0.497 e. The Morgan fingerprint density at radius 2 is 1.69 bits per heavy atom. The van der Waals surface area contributed by atoms with Crippen LogP contribution in [0.3, 0.4) is 0 Å². The van der Waals surface area contributed by atoms with Gasteiger partial charge in [-0.25, -0.2) is 4.98 Å². The first-order valence-corrected chi connectivity index (χ1v) is 10.4. The SMILES string of the molecule is COc1ccc2sc(-n3nc(C)cc3NC(=O)c3cc(OC)c(OC)c(OC)c3)nc2c1. The van der Waals surface area contributed by atoms with Crippen molar-refractivity contribution in [1.82, 2.24) is 14.8 Å². The van der Waals surface area contributed by atoms with Crippen molar-refractivity contribution in [3.05, 3.63) is 47.7 Å². The van der Waals surface area contributed by atoms with Gasteiger partial charge >= 0.3 is 0 Å². The van der Waals surface area contributed by atoms with E-state index in [9.17, 15) is 4.79 Å². The van der Waals surface area contributed by atoms with E-state index in [0.29, 0.717) is 33.8 Å². The topological polar surface area (TPSA) is 96.7 Å². The van der Waals surface area contributed by atoms with E-state index in [1.54, 1.807) is 30.0 Å². The van der Waals surface area contributed by atoms with Crippen LogP contribution in [0.2, 0.25) is 0 Å². The molecule has 0 aliphatic carbocycles. The van der Waals surface area contributed by atoms with Crippen molar-refractivity contribution >= 4 is 33.3 Å². The van der Waals surface area contributed by atoms with Crippen molar-refractivity contribution < 1.29 is 23.7 Å². The molecule has 2 aromatic carbocycles. The summed E-state index contributed by atoms with van der Waals surface area (Å²) >= 11 is 1.46. The lowest BCUT2D eigenvalue weighted by Gasteiger charge is -2.14. The van der Waals surface area contributed by atoms with Gasteiger partial charge in [-0.3, -0.25) is 4.79 Å². The van der Waals surface area contributed by atoms with Crippen LogP contribution in [0.5, 0.6) is 23.0 Å². The van der Waals surface area contributed by atoms with Gasteiger partial charge in [0.2, 0.25) is 10.9 Å². The molecule has 0 saturated heterocycles. The second-order valence-electron chi connectivity index (χ2n) is 6.78. The molecule has 0 fully saturated rings. The monoisotopic (exact) mass is 454 g/mol. The lowest BCUT2D eigenvalue weighted by molar-refractivity contribution is 0.102. The molecule has 32 heavy (non-hydrogen) atoms. The van der Waals surface area contributed by atoms with E-state index in [4.69, 9.17) is 18.9 Å². The summed E-state index contributed by atoms with van der Waals surface area (Å²) in [6.07, 6.45) is 0. The molecule has 4 rings (SSSR count). The Morgan fingerprint density at radius 3 is 2.31 bits per heavy atom. The number of methoxy groups -OCH3 is 4. The van der Waals surface area contributed by atoms with Gasteiger partial charge in [-0.2, -0.15) is 9.78 Å². The Labute approximate surface area is 188 Å². The predicted molar refractivity (Wildman–Crippen MR) is 122 cm³/mol. The van der Waals surface area contributed by atoms with Gasteiger partial charge in [0.1, 0.15) is 11.6 Å². The zero-order chi connectivity index (χ0) is 22.8. The molecule has 4 aromatic rings. The molecule has 1 amide bonds. The van der Waals surface area contributed by atoms with E-state index < -0.39 is 0 Å². The van der Waals surface area contributed by atoms with E-state index in [0.717, 1.165) is 21.7 Å². The zero-order valence-electron chi connectivity index (χ0n) is 18.3. The van der Waals surface area contributed by atoms with Gasteiger partial charge in [0, 0.05) is 17.7 Å². The highest BCUT2D eigenvalue weighted by Gasteiger charge is 2.20. The number of nitrogens with one attached hydrogen (secondary N) is 1. The molecule has 0 aliphatic heterocycles. The van der Waals surface area contributed by atoms with Crippen LogP contribution in [0.1, 0.15) is 16.1 Å². The van der Waals surface area contributed by atoms with Crippen LogP contribution in [-0.4, -0.2) is 49.1 Å². The van der Waals surface area contributed by atoms with E-state index in [1.165, 1.54) is 32.7 Å². The fraction of sp³-hybridized carbons (Fsp3) is 0.227. The highest BCUT2D eigenvalue weighted by molar-refractivity contribution is 7.20. The summed E-state index contributed by atoms with van der Waals surface area (Å²) in [5.41, 5.74) is 1.88.